The number of likely N-dealkylation sites (N-methyl/N-ethyl adjacent to an activating group) is 1. The van der Waals surface area contributed by atoms with Gasteiger partial charge < -0.3 is 15.4 Å². The molecule has 0 aromatic heterocycles. The monoisotopic (exact) mass is 144 g/mol. The highest BCUT2D eigenvalue weighted by Crippen LogP contribution is 2.08. The van der Waals surface area contributed by atoms with Crippen molar-refractivity contribution in [1.29, 1.82) is 0 Å². The molecule has 1 heterocycles. The Morgan fingerprint density at radius 1 is 1.50 bits per heavy atom. The van der Waals surface area contributed by atoms with Gasteiger partial charge in [0.05, 0.1) is 6.61 Å². The summed E-state index contributed by atoms with van der Waals surface area (Å²) in [5.74, 6) is 0. The molecule has 3 nitrogen and oxygen atoms in total. The Labute approximate surface area is 62.1 Å². The third-order valence-corrected chi connectivity index (χ3v) is 2.04. The van der Waals surface area contributed by atoms with Crippen LogP contribution in [-0.2, 0) is 4.74 Å². The van der Waals surface area contributed by atoms with Crippen LogP contribution in [-0.4, -0.2) is 44.3 Å². The Bertz CT molecular complexity index is 106. The number of ether oxygens (including phenoxy) is 1. The second-order valence-electron chi connectivity index (χ2n) is 3.06. The lowest BCUT2D eigenvalue weighted by Gasteiger charge is -2.33. The molecular weight excluding hydrogens is 128 g/mol. The summed E-state index contributed by atoms with van der Waals surface area (Å²) in [6, 6.07) is 0.706. The van der Waals surface area contributed by atoms with Gasteiger partial charge in [-0.15, -0.1) is 0 Å². The summed E-state index contributed by atoms with van der Waals surface area (Å²) >= 11 is 0. The maximum atomic E-state index is 5.86. The van der Waals surface area contributed by atoms with Gasteiger partial charge in [0.1, 0.15) is 0 Å². The van der Waals surface area contributed by atoms with Crippen molar-refractivity contribution < 1.29 is 4.74 Å². The summed E-state index contributed by atoms with van der Waals surface area (Å²) < 4.78 is 5.29. The molecule has 1 fully saturated rings. The van der Waals surface area contributed by atoms with E-state index >= 15 is 0 Å². The zero-order chi connectivity index (χ0) is 7.56. The fraction of sp³-hybridized carbons (Fsp3) is 1.00. The van der Waals surface area contributed by atoms with Crippen molar-refractivity contribution in [1.82, 2.24) is 4.90 Å². The van der Waals surface area contributed by atoms with Crippen LogP contribution in [0.15, 0.2) is 0 Å². The standard InChI is InChI=1S/C7H16N2O/c1-9(2)7-5-10-4-3-6(7)8/h6-7H,3-5,8H2,1-2H3. The zero-order valence-corrected chi connectivity index (χ0v) is 6.71. The van der Waals surface area contributed by atoms with Crippen LogP contribution in [0.4, 0.5) is 0 Å². The van der Waals surface area contributed by atoms with Crippen LogP contribution in [0, 0.1) is 0 Å². The lowest BCUT2D eigenvalue weighted by molar-refractivity contribution is 0.0238. The molecule has 3 heteroatoms. The normalized spacial score (nSPS) is 34.8. The number of nitrogens with two attached hydrogens (primary N) is 1. The molecule has 0 radical (unpaired) electrons. The van der Waals surface area contributed by atoms with Crippen LogP contribution in [0.1, 0.15) is 6.42 Å². The molecule has 2 atom stereocenters. The molecule has 1 aliphatic rings. The minimum Gasteiger partial charge on any atom is -0.380 e. The first-order valence-electron chi connectivity index (χ1n) is 3.71. The fourth-order valence-electron chi connectivity index (χ4n) is 1.27. The van der Waals surface area contributed by atoms with Crippen LogP contribution in [0.5, 0.6) is 0 Å². The molecular formula is C7H16N2O. The lowest BCUT2D eigenvalue weighted by Crippen LogP contribution is -2.50. The smallest absolute Gasteiger partial charge is 0.0636 e. The minimum atomic E-state index is 0.295. The largest absolute Gasteiger partial charge is 0.380 e. The topological polar surface area (TPSA) is 38.5 Å². The van der Waals surface area contributed by atoms with Gasteiger partial charge in [0.2, 0.25) is 0 Å². The number of nitrogens with zero attached hydrogens (tertiary/aromatic N) is 1. The first-order chi connectivity index (χ1) is 4.72. The van der Waals surface area contributed by atoms with Gasteiger partial charge in [0.25, 0.3) is 0 Å². The molecule has 0 aliphatic carbocycles. The lowest BCUT2D eigenvalue weighted by atomic mass is 10.0. The molecule has 0 amide bonds. The van der Waals surface area contributed by atoms with Gasteiger partial charge in [-0.3, -0.25) is 0 Å². The van der Waals surface area contributed by atoms with Gasteiger partial charge >= 0.3 is 0 Å². The Hall–Kier alpha value is -0.120. The molecule has 1 aliphatic heterocycles. The average Bonchev–Trinajstić information content (AvgIpc) is 1.88. The summed E-state index contributed by atoms with van der Waals surface area (Å²) in [5.41, 5.74) is 5.86. The molecule has 2 unspecified atom stereocenters. The number of hydrogen-bond donors (Lipinski definition) is 1. The Balaban J connectivity index is 2.40. The molecule has 0 spiro atoms. The summed E-state index contributed by atoms with van der Waals surface area (Å²) in [6.45, 7) is 1.61. The van der Waals surface area contributed by atoms with E-state index in [1.54, 1.807) is 0 Å². The molecule has 60 valence electrons. The predicted octanol–water partition coefficient (Wildman–Crippen LogP) is -0.336. The highest BCUT2D eigenvalue weighted by atomic mass is 16.5. The van der Waals surface area contributed by atoms with E-state index in [0.29, 0.717) is 12.1 Å². The Morgan fingerprint density at radius 3 is 2.60 bits per heavy atom. The van der Waals surface area contributed by atoms with Gasteiger partial charge in [-0.2, -0.15) is 0 Å². The van der Waals surface area contributed by atoms with Crippen LogP contribution >= 0.6 is 0 Å². The fourth-order valence-corrected chi connectivity index (χ4v) is 1.27. The second kappa shape index (κ2) is 3.32. The Morgan fingerprint density at radius 2 is 2.20 bits per heavy atom. The van der Waals surface area contributed by atoms with Gasteiger partial charge in [-0.05, 0) is 20.5 Å². The van der Waals surface area contributed by atoms with Gasteiger partial charge in [-0.25, -0.2) is 0 Å². The predicted molar refractivity (Wildman–Crippen MR) is 40.9 cm³/mol. The molecule has 0 saturated carbocycles. The molecule has 0 bridgehead atoms. The molecule has 0 aromatic rings. The van der Waals surface area contributed by atoms with Crippen molar-refractivity contribution in [3.05, 3.63) is 0 Å². The van der Waals surface area contributed by atoms with Crippen LogP contribution < -0.4 is 5.73 Å². The Kier molecular flexibility index (Phi) is 2.65. The van der Waals surface area contributed by atoms with Gasteiger partial charge in [-0.1, -0.05) is 0 Å². The van der Waals surface area contributed by atoms with Crippen molar-refractivity contribution in [2.75, 3.05) is 27.3 Å². The average molecular weight is 144 g/mol. The van der Waals surface area contributed by atoms with E-state index in [1.165, 1.54) is 0 Å². The van der Waals surface area contributed by atoms with E-state index in [4.69, 9.17) is 10.5 Å². The van der Waals surface area contributed by atoms with E-state index in [2.05, 4.69) is 4.90 Å². The summed E-state index contributed by atoms with van der Waals surface area (Å²) in [5, 5.41) is 0. The third kappa shape index (κ3) is 1.68. The zero-order valence-electron chi connectivity index (χ0n) is 6.71. The van der Waals surface area contributed by atoms with Gasteiger partial charge in [0.15, 0.2) is 0 Å². The summed E-state index contributed by atoms with van der Waals surface area (Å²) in [4.78, 5) is 2.13. The minimum absolute atomic E-state index is 0.295. The maximum absolute atomic E-state index is 5.86. The highest BCUT2D eigenvalue weighted by Gasteiger charge is 2.23. The second-order valence-corrected chi connectivity index (χ2v) is 3.06. The first-order valence-corrected chi connectivity index (χ1v) is 3.71. The molecule has 2 N–H and O–H groups in total. The van der Waals surface area contributed by atoms with Gasteiger partial charge in [0, 0.05) is 18.7 Å². The maximum Gasteiger partial charge on any atom is 0.0636 e. The number of hydrogen-bond acceptors (Lipinski definition) is 3. The highest BCUT2D eigenvalue weighted by molar-refractivity contribution is 4.81. The van der Waals surface area contributed by atoms with Crippen molar-refractivity contribution in [3.8, 4) is 0 Å². The summed E-state index contributed by atoms with van der Waals surface area (Å²) in [7, 11) is 4.08. The van der Waals surface area contributed by atoms with E-state index in [1.807, 2.05) is 14.1 Å². The van der Waals surface area contributed by atoms with Crippen LogP contribution in [0.25, 0.3) is 0 Å². The van der Waals surface area contributed by atoms with E-state index < -0.39 is 0 Å². The van der Waals surface area contributed by atoms with Crippen molar-refractivity contribution >= 4 is 0 Å². The summed E-state index contributed by atoms with van der Waals surface area (Å²) in [6.07, 6.45) is 0.989. The number of rotatable bonds is 1. The van der Waals surface area contributed by atoms with Crippen LogP contribution in [0.2, 0.25) is 0 Å². The SMILES string of the molecule is CN(C)C1COCCC1N. The quantitative estimate of drug-likeness (QED) is 0.547. The third-order valence-electron chi connectivity index (χ3n) is 2.04. The first kappa shape index (κ1) is 7.98. The van der Waals surface area contributed by atoms with E-state index in [0.717, 1.165) is 19.6 Å². The molecule has 10 heavy (non-hydrogen) atoms. The molecule has 1 rings (SSSR count). The molecule has 1 saturated heterocycles. The van der Waals surface area contributed by atoms with Crippen molar-refractivity contribution in [2.24, 2.45) is 5.73 Å². The van der Waals surface area contributed by atoms with Crippen LogP contribution in [0.3, 0.4) is 0 Å². The van der Waals surface area contributed by atoms with E-state index in [9.17, 15) is 0 Å². The molecule has 0 aromatic carbocycles. The van der Waals surface area contributed by atoms with Crippen molar-refractivity contribution in [3.63, 3.8) is 0 Å². The van der Waals surface area contributed by atoms with Crippen molar-refractivity contribution in [2.45, 2.75) is 18.5 Å². The van der Waals surface area contributed by atoms with E-state index in [-0.39, 0.29) is 0 Å².